The fourth-order valence-electron chi connectivity index (χ4n) is 1.40. The molecule has 1 aromatic heterocycles. The van der Waals surface area contributed by atoms with E-state index >= 15 is 0 Å². The summed E-state index contributed by atoms with van der Waals surface area (Å²) in [7, 11) is 1.59. The van der Waals surface area contributed by atoms with Gasteiger partial charge in [0.25, 0.3) is 0 Å². The number of carboxylic acid groups (broad SMARTS) is 1. The van der Waals surface area contributed by atoms with Crippen LogP contribution in [-0.4, -0.2) is 31.3 Å². The predicted molar refractivity (Wildman–Crippen MR) is 60.7 cm³/mol. The fraction of sp³-hybridized carbons (Fsp3) is 0.0909. The Balaban J connectivity index is 2.48. The van der Waals surface area contributed by atoms with Gasteiger partial charge in [-0.15, -0.1) is 5.10 Å². The zero-order valence-electron chi connectivity index (χ0n) is 9.11. The highest BCUT2D eigenvalue weighted by Crippen LogP contribution is 2.15. The Kier molecular flexibility index (Phi) is 2.95. The van der Waals surface area contributed by atoms with Crippen LogP contribution in [0, 0.1) is 0 Å². The van der Waals surface area contributed by atoms with Crippen molar-refractivity contribution < 1.29 is 9.90 Å². The summed E-state index contributed by atoms with van der Waals surface area (Å²) < 4.78 is 1.32. The second-order valence-electron chi connectivity index (χ2n) is 3.40. The van der Waals surface area contributed by atoms with Gasteiger partial charge < -0.3 is 5.11 Å². The van der Waals surface area contributed by atoms with Gasteiger partial charge in [-0.25, -0.2) is 9.48 Å². The van der Waals surface area contributed by atoms with Crippen LogP contribution in [-0.2, 0) is 11.8 Å². The summed E-state index contributed by atoms with van der Waals surface area (Å²) in [5.41, 5.74) is 0.844. The van der Waals surface area contributed by atoms with Crippen LogP contribution in [0.5, 0.6) is 0 Å². The van der Waals surface area contributed by atoms with E-state index in [1.54, 1.807) is 7.05 Å². The van der Waals surface area contributed by atoms with Gasteiger partial charge >= 0.3 is 5.97 Å². The number of aliphatic carboxylic acids is 1. The molecule has 2 rings (SSSR count). The van der Waals surface area contributed by atoms with E-state index in [4.69, 9.17) is 5.11 Å². The van der Waals surface area contributed by atoms with E-state index in [1.165, 1.54) is 10.8 Å². The molecule has 17 heavy (non-hydrogen) atoms. The third-order valence-electron chi connectivity index (χ3n) is 2.20. The highest BCUT2D eigenvalue weighted by atomic mass is 16.4. The number of hydrogen-bond donors (Lipinski definition) is 1. The zero-order valence-corrected chi connectivity index (χ0v) is 9.11. The van der Waals surface area contributed by atoms with Gasteiger partial charge in [0.05, 0.1) is 0 Å². The molecule has 0 fully saturated rings. The molecule has 0 unspecified atom stereocenters. The highest BCUT2D eigenvalue weighted by molar-refractivity contribution is 6.19. The lowest BCUT2D eigenvalue weighted by molar-refractivity contribution is -0.130. The van der Waals surface area contributed by atoms with Gasteiger partial charge in [-0.1, -0.05) is 30.3 Å². The van der Waals surface area contributed by atoms with Gasteiger partial charge in [-0.2, -0.15) is 0 Å². The van der Waals surface area contributed by atoms with Gasteiger partial charge in [0.2, 0.25) is 0 Å². The van der Waals surface area contributed by atoms with Crippen LogP contribution in [0.25, 0.3) is 11.6 Å². The van der Waals surface area contributed by atoms with Crippen LogP contribution in [0.15, 0.2) is 30.3 Å². The molecule has 0 amide bonds. The smallest absolute Gasteiger partial charge is 0.339 e. The monoisotopic (exact) mass is 230 g/mol. The molecule has 1 heterocycles. The van der Waals surface area contributed by atoms with Crippen LogP contribution >= 0.6 is 0 Å². The number of hydrogen-bond acceptors (Lipinski definition) is 4. The van der Waals surface area contributed by atoms with Gasteiger partial charge in [-0.3, -0.25) is 0 Å². The first-order valence-electron chi connectivity index (χ1n) is 4.91. The average Bonchev–Trinajstić information content (AvgIpc) is 2.73. The van der Waals surface area contributed by atoms with Crippen LogP contribution in [0.2, 0.25) is 0 Å². The first kappa shape index (κ1) is 11.0. The molecule has 0 aliphatic rings. The number of benzene rings is 1. The van der Waals surface area contributed by atoms with Crippen molar-refractivity contribution in [3.8, 4) is 0 Å². The molecule has 1 N–H and O–H groups in total. The highest BCUT2D eigenvalue weighted by Gasteiger charge is 2.16. The number of carboxylic acids is 1. The lowest BCUT2D eigenvalue weighted by atomic mass is 10.1. The molecule has 0 saturated heterocycles. The zero-order chi connectivity index (χ0) is 12.3. The van der Waals surface area contributed by atoms with Crippen LogP contribution in [0.3, 0.4) is 0 Å². The van der Waals surface area contributed by atoms with E-state index in [1.807, 2.05) is 30.3 Å². The molecule has 0 spiro atoms. The maximum absolute atomic E-state index is 11.2. The molecule has 0 bridgehead atoms. The molecule has 6 heteroatoms. The third kappa shape index (κ3) is 2.36. The van der Waals surface area contributed by atoms with E-state index < -0.39 is 5.97 Å². The van der Waals surface area contributed by atoms with E-state index in [-0.39, 0.29) is 11.4 Å². The Hall–Kier alpha value is -2.50. The maximum Gasteiger partial charge on any atom is 0.339 e. The molecule has 2 aromatic rings. The van der Waals surface area contributed by atoms with Gasteiger partial charge in [0, 0.05) is 7.05 Å². The van der Waals surface area contributed by atoms with Crippen molar-refractivity contribution in [1.82, 2.24) is 20.2 Å². The van der Waals surface area contributed by atoms with Crippen molar-refractivity contribution in [2.24, 2.45) is 7.05 Å². The second-order valence-corrected chi connectivity index (χ2v) is 3.40. The minimum atomic E-state index is -1.06. The van der Waals surface area contributed by atoms with Gasteiger partial charge in [0.1, 0.15) is 5.57 Å². The maximum atomic E-state index is 11.2. The topological polar surface area (TPSA) is 80.9 Å². The largest absolute Gasteiger partial charge is 0.478 e. The van der Waals surface area contributed by atoms with Crippen molar-refractivity contribution >= 4 is 17.6 Å². The van der Waals surface area contributed by atoms with Crippen molar-refractivity contribution in [2.45, 2.75) is 0 Å². The van der Waals surface area contributed by atoms with E-state index in [0.29, 0.717) is 0 Å². The Morgan fingerprint density at radius 1 is 1.35 bits per heavy atom. The summed E-state index contributed by atoms with van der Waals surface area (Å²) >= 11 is 0. The van der Waals surface area contributed by atoms with Crippen LogP contribution < -0.4 is 0 Å². The van der Waals surface area contributed by atoms with Crippen molar-refractivity contribution in [3.05, 3.63) is 41.7 Å². The number of aryl methyl sites for hydroxylation is 1. The van der Waals surface area contributed by atoms with Crippen LogP contribution in [0.1, 0.15) is 11.4 Å². The standard InChI is InChI=1S/C11H10N4O2/c1-15-10(12-13-14-15)9(11(16)17)7-8-5-3-2-4-6-8/h2-7H,1H3,(H,16,17)/b9-7-. The quantitative estimate of drug-likeness (QED) is 0.790. The average molecular weight is 230 g/mol. The number of aromatic nitrogens is 4. The summed E-state index contributed by atoms with van der Waals surface area (Å²) in [5.74, 6) is -0.840. The van der Waals surface area contributed by atoms with Crippen molar-refractivity contribution in [3.63, 3.8) is 0 Å². The molecule has 0 radical (unpaired) electrons. The van der Waals surface area contributed by atoms with E-state index in [2.05, 4.69) is 15.5 Å². The molecular formula is C11H10N4O2. The molecule has 6 nitrogen and oxygen atoms in total. The minimum absolute atomic E-state index is 0.0590. The summed E-state index contributed by atoms with van der Waals surface area (Å²) in [5, 5.41) is 19.9. The Morgan fingerprint density at radius 2 is 2.06 bits per heavy atom. The SMILES string of the molecule is Cn1nnnc1/C(=C/c1ccccc1)C(=O)O. The Labute approximate surface area is 97.2 Å². The molecule has 1 aromatic carbocycles. The second kappa shape index (κ2) is 4.56. The van der Waals surface area contributed by atoms with Crippen molar-refractivity contribution in [2.75, 3.05) is 0 Å². The molecular weight excluding hydrogens is 220 g/mol. The summed E-state index contributed by atoms with van der Waals surface area (Å²) in [6.07, 6.45) is 1.54. The molecule has 0 aliphatic carbocycles. The number of nitrogens with zero attached hydrogens (tertiary/aromatic N) is 4. The number of rotatable bonds is 3. The Morgan fingerprint density at radius 3 is 2.59 bits per heavy atom. The molecule has 86 valence electrons. The number of carbonyl (C=O) groups is 1. The van der Waals surface area contributed by atoms with Crippen molar-refractivity contribution in [1.29, 1.82) is 0 Å². The third-order valence-corrected chi connectivity index (χ3v) is 2.20. The lowest BCUT2D eigenvalue weighted by Crippen LogP contribution is -2.06. The lowest BCUT2D eigenvalue weighted by Gasteiger charge is -2.00. The minimum Gasteiger partial charge on any atom is -0.478 e. The first-order valence-corrected chi connectivity index (χ1v) is 4.91. The summed E-state index contributed by atoms with van der Waals surface area (Å²) in [4.78, 5) is 11.2. The van der Waals surface area contributed by atoms with Gasteiger partial charge in [-0.05, 0) is 22.1 Å². The normalized spacial score (nSPS) is 11.5. The molecule has 0 atom stereocenters. The first-order chi connectivity index (χ1) is 8.18. The Bertz CT molecular complexity index is 560. The summed E-state index contributed by atoms with van der Waals surface area (Å²) in [6, 6.07) is 9.15. The molecule has 0 saturated carbocycles. The van der Waals surface area contributed by atoms with Crippen LogP contribution in [0.4, 0.5) is 0 Å². The summed E-state index contributed by atoms with van der Waals surface area (Å²) in [6.45, 7) is 0. The number of tetrazole rings is 1. The van der Waals surface area contributed by atoms with E-state index in [0.717, 1.165) is 5.56 Å². The predicted octanol–water partition coefficient (Wildman–Crippen LogP) is 0.835. The molecule has 0 aliphatic heterocycles. The van der Waals surface area contributed by atoms with E-state index in [9.17, 15) is 4.79 Å². The van der Waals surface area contributed by atoms with Gasteiger partial charge in [0.15, 0.2) is 5.82 Å². The fourth-order valence-corrected chi connectivity index (χ4v) is 1.40.